The van der Waals surface area contributed by atoms with Crippen molar-refractivity contribution in [2.24, 2.45) is 0 Å². The summed E-state index contributed by atoms with van der Waals surface area (Å²) in [7, 11) is 0. The molecule has 2 aliphatic rings. The van der Waals surface area contributed by atoms with Crippen molar-refractivity contribution >= 4 is 23.6 Å². The molecule has 2 amide bonds. The minimum Gasteiger partial charge on any atom is -0.346 e. The van der Waals surface area contributed by atoms with Crippen molar-refractivity contribution < 1.29 is 9.59 Å². The summed E-state index contributed by atoms with van der Waals surface area (Å²) in [6.45, 7) is 1.81. The Balaban J connectivity index is 1.43. The molecule has 1 atom stereocenters. The Hall–Kier alpha value is -1.49. The zero-order chi connectivity index (χ0) is 16.1. The number of carbonyl (C=O) groups excluding carboxylic acids is 2. The van der Waals surface area contributed by atoms with E-state index in [0.717, 1.165) is 38.8 Å². The number of rotatable bonds is 5. The van der Waals surface area contributed by atoms with Gasteiger partial charge in [0.1, 0.15) is 0 Å². The van der Waals surface area contributed by atoms with Crippen LogP contribution in [0.1, 0.15) is 42.1 Å². The van der Waals surface area contributed by atoms with Gasteiger partial charge in [-0.3, -0.25) is 9.59 Å². The predicted octanol–water partition coefficient (Wildman–Crippen LogP) is 2.54. The number of thioether (sulfide) groups is 1. The van der Waals surface area contributed by atoms with Crippen LogP contribution in [0.5, 0.6) is 0 Å². The second-order valence-electron chi connectivity index (χ2n) is 6.26. The summed E-state index contributed by atoms with van der Waals surface area (Å²) in [5.74, 6) is 0.432. The molecule has 1 fully saturated rings. The van der Waals surface area contributed by atoms with Gasteiger partial charge in [0.25, 0.3) is 0 Å². The summed E-state index contributed by atoms with van der Waals surface area (Å²) in [6, 6.07) is 8.53. The van der Waals surface area contributed by atoms with Gasteiger partial charge in [-0.1, -0.05) is 24.3 Å². The van der Waals surface area contributed by atoms with Crippen molar-refractivity contribution in [1.29, 1.82) is 0 Å². The fourth-order valence-corrected chi connectivity index (χ4v) is 4.56. The zero-order valence-electron chi connectivity index (χ0n) is 13.4. The fraction of sp³-hybridized carbons (Fsp3) is 0.556. The number of aryl methyl sites for hydroxylation is 1. The van der Waals surface area contributed by atoms with Gasteiger partial charge in [0, 0.05) is 18.3 Å². The highest BCUT2D eigenvalue weighted by molar-refractivity contribution is 8.00. The van der Waals surface area contributed by atoms with Crippen LogP contribution in [0, 0.1) is 0 Å². The van der Waals surface area contributed by atoms with E-state index in [1.165, 1.54) is 17.5 Å². The molecule has 0 bridgehead atoms. The standard InChI is InChI=1S/C18H24N2O2S/c21-17(19-12-18(22)20-10-3-4-11-20)13-23-16-9-5-7-14-6-1-2-8-15(14)16/h1-2,6,8,16H,3-5,7,9-13H2,(H,19,21)/t16-/m1/s1. The number of hydrogen-bond donors (Lipinski definition) is 1. The maximum Gasteiger partial charge on any atom is 0.241 e. The van der Waals surface area contributed by atoms with Crippen LogP contribution in [0.25, 0.3) is 0 Å². The quantitative estimate of drug-likeness (QED) is 0.901. The Morgan fingerprint density at radius 1 is 1.17 bits per heavy atom. The first-order valence-corrected chi connectivity index (χ1v) is 9.53. The van der Waals surface area contributed by atoms with Crippen LogP contribution in [0.15, 0.2) is 24.3 Å². The third-order valence-corrected chi connectivity index (χ3v) is 5.95. The molecule has 1 aromatic rings. The van der Waals surface area contributed by atoms with Crippen LogP contribution >= 0.6 is 11.8 Å². The number of fused-ring (bicyclic) bond motifs is 1. The zero-order valence-corrected chi connectivity index (χ0v) is 14.2. The summed E-state index contributed by atoms with van der Waals surface area (Å²) in [4.78, 5) is 25.8. The summed E-state index contributed by atoms with van der Waals surface area (Å²) in [5, 5.41) is 3.17. The molecule has 1 saturated heterocycles. The van der Waals surface area contributed by atoms with E-state index in [2.05, 4.69) is 29.6 Å². The van der Waals surface area contributed by atoms with Gasteiger partial charge in [-0.05, 0) is 43.2 Å². The molecule has 23 heavy (non-hydrogen) atoms. The van der Waals surface area contributed by atoms with Crippen molar-refractivity contribution in [2.75, 3.05) is 25.4 Å². The fourth-order valence-electron chi connectivity index (χ4n) is 3.36. The Morgan fingerprint density at radius 3 is 2.78 bits per heavy atom. The predicted molar refractivity (Wildman–Crippen MR) is 93.4 cm³/mol. The molecular formula is C18H24N2O2S. The molecule has 4 nitrogen and oxygen atoms in total. The summed E-state index contributed by atoms with van der Waals surface area (Å²) in [6.07, 6.45) is 5.61. The Morgan fingerprint density at radius 2 is 1.96 bits per heavy atom. The van der Waals surface area contributed by atoms with Crippen LogP contribution in [-0.4, -0.2) is 42.1 Å². The molecule has 0 saturated carbocycles. The highest BCUT2D eigenvalue weighted by Gasteiger charge is 2.22. The topological polar surface area (TPSA) is 49.4 Å². The molecule has 1 heterocycles. The molecule has 0 unspecified atom stereocenters. The van der Waals surface area contributed by atoms with E-state index in [9.17, 15) is 9.59 Å². The monoisotopic (exact) mass is 332 g/mol. The third kappa shape index (κ3) is 4.28. The van der Waals surface area contributed by atoms with Gasteiger partial charge in [-0.25, -0.2) is 0 Å². The summed E-state index contributed by atoms with van der Waals surface area (Å²) >= 11 is 1.70. The van der Waals surface area contributed by atoms with Gasteiger partial charge < -0.3 is 10.2 Å². The lowest BCUT2D eigenvalue weighted by molar-refractivity contribution is -0.131. The van der Waals surface area contributed by atoms with E-state index in [1.807, 2.05) is 4.90 Å². The maximum atomic E-state index is 12.0. The molecule has 0 spiro atoms. The Labute approximate surface area is 142 Å². The summed E-state index contributed by atoms with van der Waals surface area (Å²) in [5.41, 5.74) is 2.80. The average molecular weight is 332 g/mol. The van der Waals surface area contributed by atoms with Crippen LogP contribution in [0.3, 0.4) is 0 Å². The molecule has 1 N–H and O–H groups in total. The SMILES string of the molecule is O=C(CS[C@@H]1CCCc2ccccc21)NCC(=O)N1CCCC1. The van der Waals surface area contributed by atoms with Crippen LogP contribution < -0.4 is 5.32 Å². The number of nitrogens with zero attached hydrogens (tertiary/aromatic N) is 1. The molecule has 0 aromatic heterocycles. The van der Waals surface area contributed by atoms with Gasteiger partial charge in [-0.2, -0.15) is 0 Å². The van der Waals surface area contributed by atoms with Crippen molar-refractivity contribution in [3.8, 4) is 0 Å². The van der Waals surface area contributed by atoms with E-state index >= 15 is 0 Å². The van der Waals surface area contributed by atoms with Crippen LogP contribution in [-0.2, 0) is 16.0 Å². The van der Waals surface area contributed by atoms with Crippen molar-refractivity contribution in [2.45, 2.75) is 37.4 Å². The number of benzene rings is 1. The van der Waals surface area contributed by atoms with E-state index < -0.39 is 0 Å². The lowest BCUT2D eigenvalue weighted by atomic mass is 9.91. The van der Waals surface area contributed by atoms with Gasteiger partial charge in [0.2, 0.25) is 11.8 Å². The molecule has 3 rings (SSSR count). The number of likely N-dealkylation sites (tertiary alicyclic amines) is 1. The first-order valence-electron chi connectivity index (χ1n) is 8.48. The van der Waals surface area contributed by atoms with Gasteiger partial charge >= 0.3 is 0 Å². The highest BCUT2D eigenvalue weighted by Crippen LogP contribution is 2.39. The van der Waals surface area contributed by atoms with Crippen molar-refractivity contribution in [3.63, 3.8) is 0 Å². The van der Waals surface area contributed by atoms with E-state index in [1.54, 1.807) is 11.8 Å². The Kier molecular flexibility index (Phi) is 5.60. The lowest BCUT2D eigenvalue weighted by Crippen LogP contribution is -2.39. The molecule has 1 aliphatic heterocycles. The van der Waals surface area contributed by atoms with E-state index in [0.29, 0.717) is 11.0 Å². The lowest BCUT2D eigenvalue weighted by Gasteiger charge is -2.24. The minimum absolute atomic E-state index is 0.0365. The molecule has 0 radical (unpaired) electrons. The van der Waals surface area contributed by atoms with Gasteiger partial charge in [-0.15, -0.1) is 11.8 Å². The minimum atomic E-state index is -0.0365. The number of hydrogen-bond acceptors (Lipinski definition) is 3. The van der Waals surface area contributed by atoms with Gasteiger partial charge in [0.15, 0.2) is 0 Å². The van der Waals surface area contributed by atoms with Crippen LogP contribution in [0.4, 0.5) is 0 Å². The molecule has 1 aromatic carbocycles. The second-order valence-corrected chi connectivity index (χ2v) is 7.45. The molecular weight excluding hydrogens is 308 g/mol. The molecule has 5 heteroatoms. The second kappa shape index (κ2) is 7.86. The summed E-state index contributed by atoms with van der Waals surface area (Å²) < 4.78 is 0. The first-order chi connectivity index (χ1) is 11.2. The van der Waals surface area contributed by atoms with Crippen molar-refractivity contribution in [3.05, 3.63) is 35.4 Å². The van der Waals surface area contributed by atoms with Gasteiger partial charge in [0.05, 0.1) is 12.3 Å². The normalized spacial score (nSPS) is 20.2. The van der Waals surface area contributed by atoms with Crippen LogP contribution in [0.2, 0.25) is 0 Å². The molecule has 124 valence electrons. The number of carbonyl (C=O) groups is 2. The first kappa shape index (κ1) is 16.4. The van der Waals surface area contributed by atoms with Crippen molar-refractivity contribution in [1.82, 2.24) is 10.2 Å². The molecule has 1 aliphatic carbocycles. The highest BCUT2D eigenvalue weighted by atomic mass is 32.2. The number of amides is 2. The maximum absolute atomic E-state index is 12.0. The average Bonchev–Trinajstić information content (AvgIpc) is 3.12. The van der Waals surface area contributed by atoms with E-state index in [4.69, 9.17) is 0 Å². The largest absolute Gasteiger partial charge is 0.346 e. The Bertz CT molecular complexity index is 570. The smallest absolute Gasteiger partial charge is 0.241 e. The third-order valence-electron chi connectivity index (χ3n) is 4.63. The van der Waals surface area contributed by atoms with E-state index in [-0.39, 0.29) is 18.4 Å². The number of nitrogens with one attached hydrogen (secondary N) is 1.